The van der Waals surface area contributed by atoms with Gasteiger partial charge in [0.2, 0.25) is 0 Å². The average Bonchev–Trinajstić information content (AvgIpc) is 2.60. The molecule has 0 N–H and O–H groups in total. The van der Waals surface area contributed by atoms with Crippen LogP contribution < -0.4 is 9.47 Å². The van der Waals surface area contributed by atoms with Gasteiger partial charge in [-0.1, -0.05) is 62.2 Å². The number of methoxy groups -OCH3 is 2. The number of halogens is 3. The minimum Gasteiger partial charge on any atom is -0.496 e. The van der Waals surface area contributed by atoms with Gasteiger partial charge >= 0.3 is 0 Å². The summed E-state index contributed by atoms with van der Waals surface area (Å²) in [5.74, 6) is 1.02. The highest BCUT2D eigenvalue weighted by Gasteiger charge is 2.28. The Labute approximate surface area is 160 Å². The average molecular weight is 507 g/mol. The van der Waals surface area contributed by atoms with Crippen molar-refractivity contribution in [2.24, 2.45) is 0 Å². The molecule has 122 valence electrons. The third kappa shape index (κ3) is 4.17. The molecular formula is C17H15Br3O3. The van der Waals surface area contributed by atoms with E-state index in [9.17, 15) is 4.79 Å². The molecule has 2 unspecified atom stereocenters. The summed E-state index contributed by atoms with van der Waals surface area (Å²) in [4.78, 5) is 12.3. The largest absolute Gasteiger partial charge is 0.496 e. The number of ketones is 1. The van der Waals surface area contributed by atoms with Gasteiger partial charge in [0.1, 0.15) is 11.5 Å². The molecule has 2 aromatic rings. The van der Waals surface area contributed by atoms with E-state index in [0.29, 0.717) is 21.5 Å². The summed E-state index contributed by atoms with van der Waals surface area (Å²) in [5.41, 5.74) is 1.51. The highest BCUT2D eigenvalue weighted by molar-refractivity contribution is 9.12. The van der Waals surface area contributed by atoms with E-state index < -0.39 is 4.83 Å². The van der Waals surface area contributed by atoms with Gasteiger partial charge in [-0.05, 0) is 27.6 Å². The van der Waals surface area contributed by atoms with Crippen LogP contribution in [-0.2, 0) is 0 Å². The number of hydrogen-bond donors (Lipinski definition) is 0. The van der Waals surface area contributed by atoms with Gasteiger partial charge in [-0.25, -0.2) is 0 Å². The molecule has 0 aromatic heterocycles. The van der Waals surface area contributed by atoms with Gasteiger partial charge in [-0.3, -0.25) is 4.79 Å². The Hall–Kier alpha value is -0.850. The number of alkyl halides is 2. The molecule has 0 spiro atoms. The Morgan fingerprint density at radius 3 is 2.17 bits per heavy atom. The lowest BCUT2D eigenvalue weighted by atomic mass is 10.0. The van der Waals surface area contributed by atoms with E-state index in [0.717, 1.165) is 5.56 Å². The number of benzene rings is 2. The molecule has 2 rings (SSSR count). The monoisotopic (exact) mass is 504 g/mol. The van der Waals surface area contributed by atoms with E-state index in [4.69, 9.17) is 9.47 Å². The van der Waals surface area contributed by atoms with Crippen LogP contribution in [0.25, 0.3) is 0 Å². The molecule has 3 nitrogen and oxygen atoms in total. The Morgan fingerprint density at radius 2 is 1.61 bits per heavy atom. The Kier molecular flexibility index (Phi) is 6.68. The molecule has 0 aliphatic rings. The second-order valence-electron chi connectivity index (χ2n) is 4.77. The molecule has 0 aliphatic carbocycles. The fourth-order valence-corrected chi connectivity index (χ4v) is 3.74. The molecule has 23 heavy (non-hydrogen) atoms. The van der Waals surface area contributed by atoms with Crippen molar-refractivity contribution in [1.82, 2.24) is 0 Å². The Balaban J connectivity index is 2.34. The van der Waals surface area contributed by atoms with E-state index in [-0.39, 0.29) is 10.6 Å². The lowest BCUT2D eigenvalue weighted by molar-refractivity contribution is 0.0988. The molecule has 0 amide bonds. The van der Waals surface area contributed by atoms with Crippen molar-refractivity contribution in [3.8, 4) is 11.5 Å². The number of Topliss-reactive ketones (excluding diaryl/α,β-unsaturated/α-hetero) is 1. The normalized spacial score (nSPS) is 13.3. The molecular weight excluding hydrogens is 492 g/mol. The highest BCUT2D eigenvalue weighted by atomic mass is 79.9. The standard InChI is InChI=1S/C17H15Br3O3/c1-22-13-9-14(23-2)12(18)8-11(13)17(21)16(20)15(19)10-6-4-3-5-7-10/h3-9,15-16H,1-2H3. The van der Waals surface area contributed by atoms with E-state index >= 15 is 0 Å². The lowest BCUT2D eigenvalue weighted by Gasteiger charge is -2.18. The van der Waals surface area contributed by atoms with Gasteiger partial charge in [-0.15, -0.1) is 0 Å². The van der Waals surface area contributed by atoms with Gasteiger partial charge in [-0.2, -0.15) is 0 Å². The second-order valence-corrected chi connectivity index (χ2v) is 7.59. The van der Waals surface area contributed by atoms with E-state index in [1.807, 2.05) is 30.3 Å². The molecule has 2 atom stereocenters. The first-order valence-corrected chi connectivity index (χ1v) is 9.40. The molecule has 0 saturated heterocycles. The van der Waals surface area contributed by atoms with Gasteiger partial charge in [0.25, 0.3) is 0 Å². The van der Waals surface area contributed by atoms with Crippen molar-refractivity contribution < 1.29 is 14.3 Å². The van der Waals surface area contributed by atoms with Crippen LogP contribution in [0.3, 0.4) is 0 Å². The van der Waals surface area contributed by atoms with Crippen molar-refractivity contribution in [2.45, 2.75) is 9.65 Å². The smallest absolute Gasteiger partial charge is 0.181 e. The molecule has 6 heteroatoms. The maximum atomic E-state index is 12.9. The topological polar surface area (TPSA) is 35.5 Å². The summed E-state index contributed by atoms with van der Waals surface area (Å²) in [6.07, 6.45) is 0. The quantitative estimate of drug-likeness (QED) is 0.381. The predicted molar refractivity (Wildman–Crippen MR) is 102 cm³/mol. The first-order valence-electron chi connectivity index (χ1n) is 6.78. The zero-order valence-corrected chi connectivity index (χ0v) is 17.3. The maximum absolute atomic E-state index is 12.9. The molecule has 0 radical (unpaired) electrons. The molecule has 0 heterocycles. The lowest BCUT2D eigenvalue weighted by Crippen LogP contribution is -2.20. The van der Waals surface area contributed by atoms with Gasteiger partial charge in [0.15, 0.2) is 5.78 Å². The number of rotatable bonds is 6. The third-order valence-electron chi connectivity index (χ3n) is 3.36. The highest BCUT2D eigenvalue weighted by Crippen LogP contribution is 2.38. The minimum absolute atomic E-state index is 0.0732. The minimum atomic E-state index is -0.431. The summed E-state index contributed by atoms with van der Waals surface area (Å²) in [6.45, 7) is 0. The summed E-state index contributed by atoms with van der Waals surface area (Å²) >= 11 is 10.5. The molecule has 0 fully saturated rings. The van der Waals surface area contributed by atoms with Crippen LogP contribution in [0, 0.1) is 0 Å². The van der Waals surface area contributed by atoms with E-state index in [1.54, 1.807) is 19.2 Å². The van der Waals surface area contributed by atoms with Crippen LogP contribution >= 0.6 is 47.8 Å². The zero-order chi connectivity index (χ0) is 17.0. The number of ether oxygens (including phenoxy) is 2. The molecule has 0 saturated carbocycles. The van der Waals surface area contributed by atoms with Crippen molar-refractivity contribution in [1.29, 1.82) is 0 Å². The molecule has 0 bridgehead atoms. The van der Waals surface area contributed by atoms with E-state index in [2.05, 4.69) is 47.8 Å². The summed E-state index contributed by atoms with van der Waals surface area (Å²) < 4.78 is 11.3. The Morgan fingerprint density at radius 1 is 1.00 bits per heavy atom. The predicted octanol–water partition coefficient (Wildman–Crippen LogP) is 5.55. The van der Waals surface area contributed by atoms with Crippen molar-refractivity contribution in [3.63, 3.8) is 0 Å². The SMILES string of the molecule is COc1cc(OC)c(C(=O)C(Br)C(Br)c2ccccc2)cc1Br. The zero-order valence-electron chi connectivity index (χ0n) is 12.6. The fourth-order valence-electron chi connectivity index (χ4n) is 2.14. The van der Waals surface area contributed by atoms with Crippen molar-refractivity contribution >= 4 is 53.6 Å². The fraction of sp³-hybridized carbons (Fsp3) is 0.235. The van der Waals surface area contributed by atoms with Crippen molar-refractivity contribution in [2.75, 3.05) is 14.2 Å². The van der Waals surface area contributed by atoms with Crippen LogP contribution in [0.4, 0.5) is 0 Å². The van der Waals surface area contributed by atoms with Crippen LogP contribution in [0.1, 0.15) is 20.7 Å². The van der Waals surface area contributed by atoms with Gasteiger partial charge < -0.3 is 9.47 Å². The van der Waals surface area contributed by atoms with Crippen molar-refractivity contribution in [3.05, 3.63) is 58.1 Å². The van der Waals surface area contributed by atoms with E-state index in [1.165, 1.54) is 7.11 Å². The number of carbonyl (C=O) groups excluding carboxylic acids is 1. The first kappa shape index (κ1) is 18.5. The summed E-state index contributed by atoms with van der Waals surface area (Å²) in [5, 5.41) is 0. The number of carbonyl (C=O) groups is 1. The maximum Gasteiger partial charge on any atom is 0.181 e. The molecule has 0 aliphatic heterocycles. The van der Waals surface area contributed by atoms with Gasteiger partial charge in [0, 0.05) is 6.07 Å². The third-order valence-corrected chi connectivity index (χ3v) is 6.70. The Bertz CT molecular complexity index is 689. The van der Waals surface area contributed by atoms with Gasteiger partial charge in [0.05, 0.1) is 33.9 Å². The summed E-state index contributed by atoms with van der Waals surface area (Å²) in [7, 11) is 3.10. The summed E-state index contributed by atoms with van der Waals surface area (Å²) in [6, 6.07) is 13.2. The number of hydrogen-bond acceptors (Lipinski definition) is 3. The first-order chi connectivity index (χ1) is 11.0. The van der Waals surface area contributed by atoms with Crippen LogP contribution in [-0.4, -0.2) is 24.8 Å². The van der Waals surface area contributed by atoms with Crippen LogP contribution in [0.5, 0.6) is 11.5 Å². The van der Waals surface area contributed by atoms with Crippen LogP contribution in [0.2, 0.25) is 0 Å². The van der Waals surface area contributed by atoms with Crippen LogP contribution in [0.15, 0.2) is 46.9 Å². The second kappa shape index (κ2) is 8.31. The molecule has 2 aromatic carbocycles.